The Morgan fingerprint density at radius 2 is 1.79 bits per heavy atom. The van der Waals surface area contributed by atoms with Crippen LogP contribution in [0.2, 0.25) is 0 Å². The number of aromatic nitrogens is 2. The van der Waals surface area contributed by atoms with Gasteiger partial charge in [0, 0.05) is 43.9 Å². The second kappa shape index (κ2) is 8.59. The molecular formula is C22H30N4O2. The monoisotopic (exact) mass is 382 g/mol. The average Bonchev–Trinajstić information content (AvgIpc) is 2.68. The summed E-state index contributed by atoms with van der Waals surface area (Å²) in [6, 6.07) is 8.06. The number of aryl methyl sites for hydroxylation is 3. The summed E-state index contributed by atoms with van der Waals surface area (Å²) in [6.45, 7) is 13.2. The summed E-state index contributed by atoms with van der Waals surface area (Å²) in [4.78, 5) is 25.9. The van der Waals surface area contributed by atoms with Crippen molar-refractivity contribution in [1.82, 2.24) is 14.9 Å². The largest absolute Gasteiger partial charge is 0.483 e. The van der Waals surface area contributed by atoms with Crippen LogP contribution >= 0.6 is 0 Å². The number of carbonyl (C=O) groups excluding carboxylic acids is 1. The first kappa shape index (κ1) is 20.1. The van der Waals surface area contributed by atoms with Gasteiger partial charge in [0.15, 0.2) is 6.61 Å². The van der Waals surface area contributed by atoms with Crippen LogP contribution in [0.15, 0.2) is 24.3 Å². The molecule has 0 N–H and O–H groups in total. The average molecular weight is 383 g/mol. The molecule has 2 heterocycles. The van der Waals surface area contributed by atoms with E-state index in [1.165, 1.54) is 0 Å². The number of nitrogens with zero attached hydrogens (tertiary/aromatic N) is 4. The van der Waals surface area contributed by atoms with Crippen LogP contribution in [0.5, 0.6) is 5.75 Å². The van der Waals surface area contributed by atoms with Gasteiger partial charge in [-0.2, -0.15) is 0 Å². The van der Waals surface area contributed by atoms with Gasteiger partial charge in [0.25, 0.3) is 5.91 Å². The van der Waals surface area contributed by atoms with Gasteiger partial charge >= 0.3 is 0 Å². The van der Waals surface area contributed by atoms with E-state index in [4.69, 9.17) is 9.72 Å². The lowest BCUT2D eigenvalue weighted by Crippen LogP contribution is -2.50. The number of rotatable bonds is 5. The fraction of sp³-hybridized carbons (Fsp3) is 0.500. The first-order valence-corrected chi connectivity index (χ1v) is 9.92. The molecule has 0 bridgehead atoms. The van der Waals surface area contributed by atoms with Crippen LogP contribution in [0, 0.1) is 20.8 Å². The van der Waals surface area contributed by atoms with Gasteiger partial charge in [-0.1, -0.05) is 26.0 Å². The minimum atomic E-state index is 0.0299. The van der Waals surface area contributed by atoms with E-state index in [9.17, 15) is 4.79 Å². The minimum Gasteiger partial charge on any atom is -0.483 e. The molecule has 1 aromatic heterocycles. The van der Waals surface area contributed by atoms with Crippen molar-refractivity contribution in [3.8, 4) is 5.75 Å². The normalized spacial score (nSPS) is 14.5. The van der Waals surface area contributed by atoms with Gasteiger partial charge in [-0.15, -0.1) is 0 Å². The van der Waals surface area contributed by atoms with Crippen molar-refractivity contribution in [2.24, 2.45) is 0 Å². The van der Waals surface area contributed by atoms with Crippen LogP contribution in [0.4, 0.5) is 5.82 Å². The van der Waals surface area contributed by atoms with Crippen molar-refractivity contribution >= 4 is 11.7 Å². The van der Waals surface area contributed by atoms with Gasteiger partial charge < -0.3 is 14.5 Å². The molecule has 1 saturated heterocycles. The number of anilines is 1. The number of amides is 1. The van der Waals surface area contributed by atoms with Gasteiger partial charge in [0.2, 0.25) is 0 Å². The maximum atomic E-state index is 12.6. The van der Waals surface area contributed by atoms with Crippen LogP contribution in [0.1, 0.15) is 42.4 Å². The van der Waals surface area contributed by atoms with Crippen LogP contribution in [0.25, 0.3) is 0 Å². The Morgan fingerprint density at radius 3 is 2.46 bits per heavy atom. The zero-order valence-electron chi connectivity index (χ0n) is 17.5. The molecule has 0 atom stereocenters. The fourth-order valence-electron chi connectivity index (χ4n) is 3.27. The molecule has 0 spiro atoms. The third kappa shape index (κ3) is 4.80. The van der Waals surface area contributed by atoms with Gasteiger partial charge in [0.1, 0.15) is 17.4 Å². The van der Waals surface area contributed by atoms with Crippen molar-refractivity contribution in [3.63, 3.8) is 0 Å². The van der Waals surface area contributed by atoms with Crippen LogP contribution in [-0.2, 0) is 4.79 Å². The zero-order chi connectivity index (χ0) is 20.3. The van der Waals surface area contributed by atoms with Crippen molar-refractivity contribution in [1.29, 1.82) is 0 Å². The van der Waals surface area contributed by atoms with Crippen molar-refractivity contribution in [3.05, 3.63) is 46.9 Å². The SMILES string of the molecule is Cc1ccc(C)c(OCC(=O)N2CCN(c3cc(C)nc(C(C)C)n3)CC2)c1. The van der Waals surface area contributed by atoms with E-state index in [0.29, 0.717) is 19.0 Å². The molecule has 0 unspecified atom stereocenters. The lowest BCUT2D eigenvalue weighted by molar-refractivity contribution is -0.133. The van der Waals surface area contributed by atoms with E-state index in [1.54, 1.807) is 0 Å². The molecule has 150 valence electrons. The van der Waals surface area contributed by atoms with E-state index in [0.717, 1.165) is 47.3 Å². The first-order chi connectivity index (χ1) is 13.3. The quantitative estimate of drug-likeness (QED) is 0.794. The van der Waals surface area contributed by atoms with Crippen LogP contribution < -0.4 is 9.64 Å². The maximum Gasteiger partial charge on any atom is 0.260 e. The van der Waals surface area contributed by atoms with Gasteiger partial charge in [0.05, 0.1) is 0 Å². The summed E-state index contributed by atoms with van der Waals surface area (Å²) in [7, 11) is 0. The summed E-state index contributed by atoms with van der Waals surface area (Å²) < 4.78 is 5.78. The Morgan fingerprint density at radius 1 is 1.07 bits per heavy atom. The second-order valence-electron chi connectivity index (χ2n) is 7.81. The number of piperazine rings is 1. The molecule has 0 aliphatic carbocycles. The minimum absolute atomic E-state index is 0.0299. The van der Waals surface area contributed by atoms with Crippen molar-refractivity contribution in [2.75, 3.05) is 37.7 Å². The number of ether oxygens (including phenoxy) is 1. The molecule has 1 amide bonds. The lowest BCUT2D eigenvalue weighted by atomic mass is 10.1. The summed E-state index contributed by atoms with van der Waals surface area (Å²) in [5, 5.41) is 0. The summed E-state index contributed by atoms with van der Waals surface area (Å²) in [6.07, 6.45) is 0. The fourth-order valence-corrected chi connectivity index (χ4v) is 3.27. The predicted molar refractivity (Wildman–Crippen MR) is 111 cm³/mol. The predicted octanol–water partition coefficient (Wildman–Crippen LogP) is 3.25. The molecule has 28 heavy (non-hydrogen) atoms. The number of hydrogen-bond donors (Lipinski definition) is 0. The highest BCUT2D eigenvalue weighted by molar-refractivity contribution is 5.78. The molecule has 1 aliphatic rings. The number of benzene rings is 1. The van der Waals surface area contributed by atoms with Gasteiger partial charge in [-0.3, -0.25) is 4.79 Å². The summed E-state index contributed by atoms with van der Waals surface area (Å²) in [5.41, 5.74) is 3.15. The van der Waals surface area contributed by atoms with Gasteiger partial charge in [-0.25, -0.2) is 9.97 Å². The standard InChI is InChI=1S/C22H30N4O2/c1-15(2)22-23-18(5)13-20(24-22)25-8-10-26(11-9-25)21(27)14-28-19-12-16(3)6-7-17(19)4/h6-7,12-13,15H,8-11,14H2,1-5H3. The third-order valence-corrected chi connectivity index (χ3v) is 5.03. The molecule has 2 aromatic rings. The summed E-state index contributed by atoms with van der Waals surface area (Å²) in [5.74, 6) is 2.93. The molecular weight excluding hydrogens is 352 g/mol. The smallest absolute Gasteiger partial charge is 0.260 e. The molecule has 1 aromatic carbocycles. The van der Waals surface area contributed by atoms with E-state index in [-0.39, 0.29) is 12.5 Å². The molecule has 0 radical (unpaired) electrons. The second-order valence-corrected chi connectivity index (χ2v) is 7.81. The highest BCUT2D eigenvalue weighted by atomic mass is 16.5. The Labute approximate surface area is 167 Å². The van der Waals surface area contributed by atoms with E-state index >= 15 is 0 Å². The topological polar surface area (TPSA) is 58.6 Å². The molecule has 6 nitrogen and oxygen atoms in total. The Bertz CT molecular complexity index is 842. The number of hydrogen-bond acceptors (Lipinski definition) is 5. The van der Waals surface area contributed by atoms with E-state index < -0.39 is 0 Å². The van der Waals surface area contributed by atoms with Crippen LogP contribution in [-0.4, -0.2) is 53.6 Å². The Kier molecular flexibility index (Phi) is 6.17. The Balaban J connectivity index is 1.56. The first-order valence-electron chi connectivity index (χ1n) is 9.92. The van der Waals surface area contributed by atoms with Crippen molar-refractivity contribution in [2.45, 2.75) is 40.5 Å². The maximum absolute atomic E-state index is 12.6. The van der Waals surface area contributed by atoms with E-state index in [2.05, 4.69) is 23.7 Å². The van der Waals surface area contributed by atoms with Crippen molar-refractivity contribution < 1.29 is 9.53 Å². The number of carbonyl (C=O) groups is 1. The molecule has 1 fully saturated rings. The lowest BCUT2D eigenvalue weighted by Gasteiger charge is -2.35. The van der Waals surface area contributed by atoms with Gasteiger partial charge in [-0.05, 0) is 38.0 Å². The highest BCUT2D eigenvalue weighted by Crippen LogP contribution is 2.20. The van der Waals surface area contributed by atoms with E-state index in [1.807, 2.05) is 49.9 Å². The molecule has 6 heteroatoms. The van der Waals surface area contributed by atoms with Crippen LogP contribution in [0.3, 0.4) is 0 Å². The Hall–Kier alpha value is -2.63. The summed E-state index contributed by atoms with van der Waals surface area (Å²) >= 11 is 0. The molecule has 0 saturated carbocycles. The molecule has 3 rings (SSSR count). The zero-order valence-corrected chi connectivity index (χ0v) is 17.5. The highest BCUT2D eigenvalue weighted by Gasteiger charge is 2.23. The third-order valence-electron chi connectivity index (χ3n) is 5.03. The molecule has 1 aliphatic heterocycles.